The molecule has 10 heteroatoms. The van der Waals surface area contributed by atoms with Crippen LogP contribution in [-0.4, -0.2) is 57.5 Å². The van der Waals surface area contributed by atoms with Crippen molar-refractivity contribution in [3.8, 4) is 11.1 Å². The van der Waals surface area contributed by atoms with Crippen molar-refractivity contribution in [3.63, 3.8) is 0 Å². The third-order valence-corrected chi connectivity index (χ3v) is 7.33. The van der Waals surface area contributed by atoms with E-state index in [1.165, 1.54) is 4.90 Å². The van der Waals surface area contributed by atoms with Gasteiger partial charge in [0, 0.05) is 36.0 Å². The first kappa shape index (κ1) is 22.4. The summed E-state index contributed by atoms with van der Waals surface area (Å²) in [6, 6.07) is 4.40. The second kappa shape index (κ2) is 8.43. The Bertz CT molecular complexity index is 1430. The molecule has 0 aliphatic carbocycles. The van der Waals surface area contributed by atoms with Crippen LogP contribution < -0.4 is 4.90 Å². The van der Waals surface area contributed by atoms with Gasteiger partial charge in [-0.15, -0.1) is 0 Å². The number of halogens is 3. The van der Waals surface area contributed by atoms with Crippen molar-refractivity contribution >= 4 is 44.2 Å². The number of nitrogens with one attached hydrogen (secondary N) is 1. The van der Waals surface area contributed by atoms with Crippen LogP contribution in [0.2, 0.25) is 0 Å². The van der Waals surface area contributed by atoms with Gasteiger partial charge in [0.05, 0.1) is 11.7 Å². The number of aromatic nitrogens is 3. The van der Waals surface area contributed by atoms with Crippen LogP contribution in [-0.2, 0) is 4.79 Å². The van der Waals surface area contributed by atoms with Gasteiger partial charge in [0.1, 0.15) is 16.6 Å². The van der Waals surface area contributed by atoms with Gasteiger partial charge in [0.25, 0.3) is 6.43 Å². The molecule has 5 rings (SSSR count). The second-order valence-corrected chi connectivity index (χ2v) is 9.19. The minimum absolute atomic E-state index is 0.136. The Kier molecular flexibility index (Phi) is 5.55. The summed E-state index contributed by atoms with van der Waals surface area (Å²) < 4.78 is 48.3. The van der Waals surface area contributed by atoms with Crippen molar-refractivity contribution in [1.82, 2.24) is 19.5 Å². The number of aryl methyl sites for hydroxylation is 2. The lowest BCUT2D eigenvalue weighted by Gasteiger charge is -2.41. The molecular weight excluding hydrogens is 463 g/mol. The summed E-state index contributed by atoms with van der Waals surface area (Å²) in [5.74, 6) is -0.863. The molecule has 3 heterocycles. The molecule has 0 radical (unpaired) electrons. The van der Waals surface area contributed by atoms with Gasteiger partial charge in [-0.3, -0.25) is 9.89 Å². The Morgan fingerprint density at radius 1 is 1.24 bits per heavy atom. The van der Waals surface area contributed by atoms with E-state index in [1.54, 1.807) is 11.1 Å². The molecule has 1 aliphatic heterocycles. The number of carbonyl (C=O) groups is 1. The van der Waals surface area contributed by atoms with E-state index >= 15 is 4.39 Å². The topological polar surface area (TPSA) is 65.1 Å². The molecule has 6 nitrogen and oxygen atoms in total. The lowest BCUT2D eigenvalue weighted by atomic mass is 9.92. The number of fused-ring (bicyclic) bond motifs is 2. The van der Waals surface area contributed by atoms with Crippen molar-refractivity contribution in [3.05, 3.63) is 54.0 Å². The van der Waals surface area contributed by atoms with E-state index in [2.05, 4.69) is 21.1 Å². The van der Waals surface area contributed by atoms with Crippen LogP contribution in [0.25, 0.3) is 32.9 Å². The molecular formula is C24H22F3N5OS. The Morgan fingerprint density at radius 2 is 2.03 bits per heavy atom. The fourth-order valence-corrected chi connectivity index (χ4v) is 5.68. The lowest BCUT2D eigenvalue weighted by Crippen LogP contribution is -2.57. The molecule has 34 heavy (non-hydrogen) atoms. The summed E-state index contributed by atoms with van der Waals surface area (Å²) in [4.78, 5) is 14.9. The molecule has 2 aromatic carbocycles. The SMILES string of the molecule is C=CC(=O)N1CCN(c2snc3c(F)c(-c4c(C)ccc5[nH]ncc45)c(C)cc23)C(C(F)F)C1. The second-order valence-electron chi connectivity index (χ2n) is 8.44. The summed E-state index contributed by atoms with van der Waals surface area (Å²) in [6.45, 7) is 7.49. The molecule has 0 bridgehead atoms. The standard InChI is InChI=1S/C24H22F3N5OS/c1-4-18(33)31-7-8-32(17(11-31)23(26)27)24-14-9-13(3)20(21(25)22(14)30-34-24)19-12(2)5-6-16-15(19)10-28-29-16/h4-6,9-10,17,23H,1,7-8,11H2,2-3H3,(H,28,29). The van der Waals surface area contributed by atoms with E-state index in [0.717, 1.165) is 39.6 Å². The summed E-state index contributed by atoms with van der Waals surface area (Å²) in [6.07, 6.45) is 0.109. The van der Waals surface area contributed by atoms with Crippen molar-refractivity contribution in [2.24, 2.45) is 0 Å². The van der Waals surface area contributed by atoms with Gasteiger partial charge in [-0.1, -0.05) is 12.6 Å². The lowest BCUT2D eigenvalue weighted by molar-refractivity contribution is -0.127. The molecule has 1 saturated heterocycles. The van der Waals surface area contributed by atoms with E-state index in [9.17, 15) is 13.6 Å². The number of hydrogen-bond acceptors (Lipinski definition) is 5. The van der Waals surface area contributed by atoms with E-state index in [0.29, 0.717) is 21.5 Å². The van der Waals surface area contributed by atoms with Crippen LogP contribution in [0, 0.1) is 19.7 Å². The summed E-state index contributed by atoms with van der Waals surface area (Å²) in [5, 5.41) is 8.79. The van der Waals surface area contributed by atoms with Crippen LogP contribution in [0.4, 0.5) is 18.2 Å². The highest BCUT2D eigenvalue weighted by atomic mass is 32.1. The average molecular weight is 486 g/mol. The third kappa shape index (κ3) is 3.44. The molecule has 1 unspecified atom stereocenters. The molecule has 1 aliphatic rings. The number of nitrogens with zero attached hydrogens (tertiary/aromatic N) is 4. The highest BCUT2D eigenvalue weighted by Crippen LogP contribution is 2.42. The minimum atomic E-state index is -2.69. The number of carbonyl (C=O) groups excluding carboxylic acids is 1. The van der Waals surface area contributed by atoms with Crippen LogP contribution in [0.3, 0.4) is 0 Å². The maximum Gasteiger partial charge on any atom is 0.260 e. The summed E-state index contributed by atoms with van der Waals surface area (Å²) in [7, 11) is 0. The van der Waals surface area contributed by atoms with Gasteiger partial charge >= 0.3 is 0 Å². The number of anilines is 1. The maximum atomic E-state index is 16.0. The van der Waals surface area contributed by atoms with Gasteiger partial charge in [-0.05, 0) is 60.3 Å². The van der Waals surface area contributed by atoms with Crippen molar-refractivity contribution in [2.45, 2.75) is 26.3 Å². The van der Waals surface area contributed by atoms with E-state index in [4.69, 9.17) is 0 Å². The number of amides is 1. The molecule has 1 N–H and O–H groups in total. The van der Waals surface area contributed by atoms with Crippen LogP contribution in [0.15, 0.2) is 37.1 Å². The predicted molar refractivity (Wildman–Crippen MR) is 128 cm³/mol. The number of alkyl halides is 2. The highest BCUT2D eigenvalue weighted by molar-refractivity contribution is 7.11. The first-order valence-electron chi connectivity index (χ1n) is 10.8. The third-order valence-electron chi connectivity index (χ3n) is 6.43. The number of piperazine rings is 1. The Hall–Kier alpha value is -3.40. The zero-order valence-electron chi connectivity index (χ0n) is 18.6. The Morgan fingerprint density at radius 3 is 2.76 bits per heavy atom. The van der Waals surface area contributed by atoms with Gasteiger partial charge in [0.2, 0.25) is 5.91 Å². The largest absolute Gasteiger partial charge is 0.349 e. The normalized spacial score (nSPS) is 16.7. The predicted octanol–water partition coefficient (Wildman–Crippen LogP) is 5.06. The average Bonchev–Trinajstić information content (AvgIpc) is 3.46. The fraction of sp³-hybridized carbons (Fsp3) is 0.292. The van der Waals surface area contributed by atoms with Crippen molar-refractivity contribution in [2.75, 3.05) is 24.5 Å². The van der Waals surface area contributed by atoms with Crippen LogP contribution in [0.1, 0.15) is 11.1 Å². The maximum absolute atomic E-state index is 16.0. The van der Waals surface area contributed by atoms with Gasteiger partial charge in [-0.25, -0.2) is 13.2 Å². The number of benzene rings is 2. The van der Waals surface area contributed by atoms with Gasteiger partial charge in [-0.2, -0.15) is 9.47 Å². The molecule has 4 aromatic rings. The number of hydrogen-bond donors (Lipinski definition) is 1. The molecule has 1 atom stereocenters. The van der Waals surface area contributed by atoms with E-state index < -0.39 is 18.3 Å². The molecule has 2 aromatic heterocycles. The molecule has 1 amide bonds. The molecule has 0 spiro atoms. The van der Waals surface area contributed by atoms with Crippen LogP contribution >= 0.6 is 11.5 Å². The van der Waals surface area contributed by atoms with Gasteiger partial charge in [0.15, 0.2) is 5.82 Å². The summed E-state index contributed by atoms with van der Waals surface area (Å²) in [5.41, 5.74) is 3.69. The Balaban J connectivity index is 1.62. The monoisotopic (exact) mass is 485 g/mol. The molecule has 176 valence electrons. The number of aromatic amines is 1. The van der Waals surface area contributed by atoms with Gasteiger partial charge < -0.3 is 9.80 Å². The number of H-pyrrole nitrogens is 1. The zero-order chi connectivity index (χ0) is 24.1. The number of rotatable bonds is 4. The van der Waals surface area contributed by atoms with E-state index in [-0.39, 0.29) is 31.1 Å². The smallest absolute Gasteiger partial charge is 0.260 e. The first-order valence-corrected chi connectivity index (χ1v) is 11.6. The fourth-order valence-electron chi connectivity index (χ4n) is 4.74. The van der Waals surface area contributed by atoms with Crippen LogP contribution in [0.5, 0.6) is 0 Å². The minimum Gasteiger partial charge on any atom is -0.349 e. The highest BCUT2D eigenvalue weighted by Gasteiger charge is 2.37. The Labute approximate surface area is 197 Å². The van der Waals surface area contributed by atoms with Crippen molar-refractivity contribution in [1.29, 1.82) is 0 Å². The quantitative estimate of drug-likeness (QED) is 0.410. The van der Waals surface area contributed by atoms with Crippen molar-refractivity contribution < 1.29 is 18.0 Å². The first-order chi connectivity index (χ1) is 16.3. The molecule has 0 saturated carbocycles. The molecule has 1 fully saturated rings. The summed E-state index contributed by atoms with van der Waals surface area (Å²) >= 11 is 1.00. The zero-order valence-corrected chi connectivity index (χ0v) is 19.4. The van der Waals surface area contributed by atoms with E-state index in [1.807, 2.05) is 32.0 Å².